The number of rotatable bonds is 5. The predicted molar refractivity (Wildman–Crippen MR) is 66.2 cm³/mol. The lowest BCUT2D eigenvalue weighted by molar-refractivity contribution is 0.174. The topological polar surface area (TPSA) is 49.5 Å². The van der Waals surface area contributed by atoms with Crippen molar-refractivity contribution in [1.29, 1.82) is 0 Å². The Labute approximate surface area is 99.0 Å². The van der Waals surface area contributed by atoms with Crippen LogP contribution >= 0.6 is 0 Å². The Morgan fingerprint density at radius 1 is 1.19 bits per heavy atom. The van der Waals surface area contributed by atoms with E-state index in [-0.39, 0.29) is 12.6 Å². The van der Waals surface area contributed by atoms with Crippen molar-refractivity contribution in [2.24, 2.45) is 11.7 Å². The number of hydrogen-bond acceptors (Lipinski definition) is 3. The second-order valence-electron chi connectivity index (χ2n) is 5.52. The zero-order chi connectivity index (χ0) is 11.4. The van der Waals surface area contributed by atoms with Gasteiger partial charge in [-0.25, -0.2) is 0 Å². The summed E-state index contributed by atoms with van der Waals surface area (Å²) in [5, 5.41) is 8.94. The molecule has 2 fully saturated rings. The summed E-state index contributed by atoms with van der Waals surface area (Å²) in [5.41, 5.74) is 5.77. The lowest BCUT2D eigenvalue weighted by atomic mass is 9.96. The number of nitrogens with zero attached hydrogens (tertiary/aromatic N) is 1. The molecule has 16 heavy (non-hydrogen) atoms. The summed E-state index contributed by atoms with van der Waals surface area (Å²) >= 11 is 0. The quantitative estimate of drug-likeness (QED) is 0.744. The van der Waals surface area contributed by atoms with Crippen LogP contribution in [0.4, 0.5) is 0 Å². The van der Waals surface area contributed by atoms with E-state index in [9.17, 15) is 0 Å². The third-order valence-corrected chi connectivity index (χ3v) is 4.38. The fourth-order valence-corrected chi connectivity index (χ4v) is 3.43. The average Bonchev–Trinajstić information content (AvgIpc) is 2.95. The van der Waals surface area contributed by atoms with Gasteiger partial charge < -0.3 is 15.7 Å². The van der Waals surface area contributed by atoms with Gasteiger partial charge in [-0.2, -0.15) is 0 Å². The lowest BCUT2D eigenvalue weighted by Crippen LogP contribution is -2.38. The molecule has 1 heterocycles. The molecule has 0 amide bonds. The molecule has 94 valence electrons. The van der Waals surface area contributed by atoms with Crippen molar-refractivity contribution in [3.05, 3.63) is 0 Å². The fraction of sp³-hybridized carbons (Fsp3) is 1.00. The minimum Gasteiger partial charge on any atom is -0.395 e. The van der Waals surface area contributed by atoms with Crippen LogP contribution in [0.5, 0.6) is 0 Å². The SMILES string of the molecule is NC(CO)CCN1CCCC1C1CCCC1. The van der Waals surface area contributed by atoms with Crippen molar-refractivity contribution in [1.82, 2.24) is 4.90 Å². The number of aliphatic hydroxyl groups is 1. The Hall–Kier alpha value is -0.120. The minimum absolute atomic E-state index is 0.0233. The second kappa shape index (κ2) is 5.99. The first-order valence-electron chi connectivity index (χ1n) is 6.91. The zero-order valence-corrected chi connectivity index (χ0v) is 10.3. The fourth-order valence-electron chi connectivity index (χ4n) is 3.43. The first kappa shape index (κ1) is 12.3. The third kappa shape index (κ3) is 2.96. The van der Waals surface area contributed by atoms with Crippen molar-refractivity contribution in [3.8, 4) is 0 Å². The van der Waals surface area contributed by atoms with Gasteiger partial charge in [-0.1, -0.05) is 12.8 Å². The van der Waals surface area contributed by atoms with Crippen LogP contribution in [-0.2, 0) is 0 Å². The van der Waals surface area contributed by atoms with Crippen LogP contribution in [0.1, 0.15) is 44.9 Å². The maximum atomic E-state index is 8.94. The van der Waals surface area contributed by atoms with Crippen LogP contribution in [0.15, 0.2) is 0 Å². The van der Waals surface area contributed by atoms with E-state index in [1.54, 1.807) is 0 Å². The first-order valence-corrected chi connectivity index (χ1v) is 6.91. The molecule has 2 atom stereocenters. The molecule has 2 rings (SSSR count). The van der Waals surface area contributed by atoms with E-state index in [0.717, 1.165) is 24.9 Å². The van der Waals surface area contributed by atoms with Gasteiger partial charge in [0.05, 0.1) is 6.61 Å². The molecule has 1 aliphatic carbocycles. The van der Waals surface area contributed by atoms with Crippen LogP contribution in [0.2, 0.25) is 0 Å². The molecular weight excluding hydrogens is 200 g/mol. The highest BCUT2D eigenvalue weighted by molar-refractivity contribution is 4.87. The van der Waals surface area contributed by atoms with Gasteiger partial charge >= 0.3 is 0 Å². The molecular formula is C13H26N2O. The summed E-state index contributed by atoms with van der Waals surface area (Å²) in [7, 11) is 0. The Bertz CT molecular complexity index is 204. The highest BCUT2D eigenvalue weighted by atomic mass is 16.3. The molecule has 0 aromatic heterocycles. The van der Waals surface area contributed by atoms with E-state index in [1.165, 1.54) is 45.1 Å². The van der Waals surface area contributed by atoms with E-state index in [0.29, 0.717) is 0 Å². The third-order valence-electron chi connectivity index (χ3n) is 4.38. The van der Waals surface area contributed by atoms with Crippen molar-refractivity contribution in [3.63, 3.8) is 0 Å². The van der Waals surface area contributed by atoms with Gasteiger partial charge in [0.1, 0.15) is 0 Å². The van der Waals surface area contributed by atoms with Crippen LogP contribution in [0, 0.1) is 5.92 Å². The summed E-state index contributed by atoms with van der Waals surface area (Å²) in [4.78, 5) is 2.63. The van der Waals surface area contributed by atoms with E-state index in [4.69, 9.17) is 10.8 Å². The van der Waals surface area contributed by atoms with Gasteiger partial charge in [0.2, 0.25) is 0 Å². The summed E-state index contributed by atoms with van der Waals surface area (Å²) in [5.74, 6) is 0.952. The second-order valence-corrected chi connectivity index (χ2v) is 5.52. The van der Waals surface area contributed by atoms with Crippen molar-refractivity contribution < 1.29 is 5.11 Å². The molecule has 1 saturated carbocycles. The van der Waals surface area contributed by atoms with Crippen LogP contribution in [0.3, 0.4) is 0 Å². The maximum Gasteiger partial charge on any atom is 0.0583 e. The van der Waals surface area contributed by atoms with Gasteiger partial charge in [-0.3, -0.25) is 0 Å². The standard InChI is InChI=1S/C13H26N2O/c14-12(10-16)7-9-15-8-3-6-13(15)11-4-1-2-5-11/h11-13,16H,1-10,14H2. The van der Waals surface area contributed by atoms with Gasteiger partial charge in [0.15, 0.2) is 0 Å². The summed E-state index contributed by atoms with van der Waals surface area (Å²) < 4.78 is 0. The predicted octanol–water partition coefficient (Wildman–Crippen LogP) is 1.35. The zero-order valence-electron chi connectivity index (χ0n) is 10.3. The van der Waals surface area contributed by atoms with Gasteiger partial charge in [0, 0.05) is 12.1 Å². The van der Waals surface area contributed by atoms with E-state index in [1.807, 2.05) is 0 Å². The van der Waals surface area contributed by atoms with Crippen LogP contribution < -0.4 is 5.73 Å². The molecule has 3 nitrogen and oxygen atoms in total. The number of aliphatic hydroxyl groups excluding tert-OH is 1. The Morgan fingerprint density at radius 3 is 2.62 bits per heavy atom. The van der Waals surface area contributed by atoms with Crippen molar-refractivity contribution in [2.75, 3.05) is 19.7 Å². The first-order chi connectivity index (χ1) is 7.81. The van der Waals surface area contributed by atoms with Crippen LogP contribution in [-0.4, -0.2) is 41.8 Å². The average molecular weight is 226 g/mol. The summed E-state index contributed by atoms with van der Waals surface area (Å²) in [6.07, 6.45) is 9.44. The Kier molecular flexibility index (Phi) is 4.62. The van der Waals surface area contributed by atoms with Gasteiger partial charge in [-0.15, -0.1) is 0 Å². The molecule has 0 spiro atoms. The van der Waals surface area contributed by atoms with E-state index < -0.39 is 0 Å². The van der Waals surface area contributed by atoms with Crippen molar-refractivity contribution >= 4 is 0 Å². The molecule has 0 bridgehead atoms. The maximum absolute atomic E-state index is 8.94. The molecule has 1 aliphatic heterocycles. The Morgan fingerprint density at radius 2 is 1.94 bits per heavy atom. The van der Waals surface area contributed by atoms with Gasteiger partial charge in [0.25, 0.3) is 0 Å². The highest BCUT2D eigenvalue weighted by Gasteiger charge is 2.32. The summed E-state index contributed by atoms with van der Waals surface area (Å²) in [6.45, 7) is 2.46. The molecule has 0 aromatic carbocycles. The molecule has 2 aliphatic rings. The normalized spacial score (nSPS) is 30.0. The molecule has 0 radical (unpaired) electrons. The van der Waals surface area contributed by atoms with E-state index in [2.05, 4.69) is 4.90 Å². The Balaban J connectivity index is 1.78. The minimum atomic E-state index is -0.0233. The number of nitrogens with two attached hydrogens (primary N) is 1. The smallest absolute Gasteiger partial charge is 0.0583 e. The largest absolute Gasteiger partial charge is 0.395 e. The number of hydrogen-bond donors (Lipinski definition) is 2. The highest BCUT2D eigenvalue weighted by Crippen LogP contribution is 2.35. The van der Waals surface area contributed by atoms with Gasteiger partial charge in [-0.05, 0) is 51.1 Å². The van der Waals surface area contributed by atoms with Crippen LogP contribution in [0.25, 0.3) is 0 Å². The molecule has 2 unspecified atom stereocenters. The molecule has 0 aromatic rings. The molecule has 3 N–H and O–H groups in total. The molecule has 3 heteroatoms. The number of likely N-dealkylation sites (tertiary alicyclic amines) is 1. The lowest BCUT2D eigenvalue weighted by Gasteiger charge is -2.30. The van der Waals surface area contributed by atoms with E-state index >= 15 is 0 Å². The monoisotopic (exact) mass is 226 g/mol. The summed E-state index contributed by atoms with van der Waals surface area (Å²) in [6, 6.07) is 0.804. The molecule has 1 saturated heterocycles. The van der Waals surface area contributed by atoms with Crippen molar-refractivity contribution in [2.45, 2.75) is 57.0 Å².